The fourth-order valence-electron chi connectivity index (χ4n) is 12.4. The van der Waals surface area contributed by atoms with Gasteiger partial charge in [-0.2, -0.15) is 0 Å². The van der Waals surface area contributed by atoms with Crippen LogP contribution in [0.1, 0.15) is 415 Å². The zero-order valence-electron chi connectivity index (χ0n) is 65.8. The molecule has 0 aliphatic heterocycles. The van der Waals surface area contributed by atoms with Gasteiger partial charge in [-0.25, -0.2) is 9.13 Å². The van der Waals surface area contributed by atoms with Crippen LogP contribution in [0, 0.1) is 23.7 Å². The average molecular weight is 1470 g/mol. The number of phosphoric acid groups is 2. The molecule has 0 saturated carbocycles. The smallest absolute Gasteiger partial charge is 0.462 e. The first-order valence-electron chi connectivity index (χ1n) is 41.8. The van der Waals surface area contributed by atoms with Gasteiger partial charge < -0.3 is 33.8 Å². The SMILES string of the molecule is CCC(C)CCCCCCCCCCCCC(=O)O[C@H](COC(=O)CCCCCCCCC(C)CC)COP(=O)(O)OC[C@H](O)COP(=O)(O)OC[C@@H](COC(=O)CCCCCCCCCCCCCCC(C)C)OC(=O)CCCCCCCCCCCCCCCCCCCCC(C)C. The first kappa shape index (κ1) is 98.1. The van der Waals surface area contributed by atoms with Gasteiger partial charge in [-0.15, -0.1) is 0 Å². The molecule has 0 aromatic rings. The first-order chi connectivity index (χ1) is 48.2. The molecule has 0 aliphatic rings. The lowest BCUT2D eigenvalue weighted by molar-refractivity contribution is -0.161. The van der Waals surface area contributed by atoms with Gasteiger partial charge in [0.15, 0.2) is 12.2 Å². The van der Waals surface area contributed by atoms with Gasteiger partial charge in [0.1, 0.15) is 19.3 Å². The summed E-state index contributed by atoms with van der Waals surface area (Å²) in [5.41, 5.74) is 0. The van der Waals surface area contributed by atoms with Crippen LogP contribution in [-0.2, 0) is 65.4 Å². The molecule has 0 aromatic heterocycles. The Morgan fingerprint density at radius 2 is 0.480 bits per heavy atom. The minimum atomic E-state index is -4.96. The van der Waals surface area contributed by atoms with Crippen LogP contribution in [0.2, 0.25) is 0 Å². The summed E-state index contributed by atoms with van der Waals surface area (Å²) < 4.78 is 68.7. The number of esters is 4. The number of ether oxygens (including phenoxy) is 4. The Balaban J connectivity index is 5.24. The summed E-state index contributed by atoms with van der Waals surface area (Å²) in [6, 6.07) is 0. The van der Waals surface area contributed by atoms with Crippen LogP contribution in [0.3, 0.4) is 0 Å². The highest BCUT2D eigenvalue weighted by Gasteiger charge is 2.30. The van der Waals surface area contributed by atoms with Crippen molar-refractivity contribution >= 4 is 39.5 Å². The maximum absolute atomic E-state index is 13.1. The highest BCUT2D eigenvalue weighted by Crippen LogP contribution is 2.45. The van der Waals surface area contributed by atoms with Crippen LogP contribution in [0.4, 0.5) is 0 Å². The van der Waals surface area contributed by atoms with Crippen molar-refractivity contribution in [2.24, 2.45) is 23.7 Å². The Morgan fingerprint density at radius 3 is 0.710 bits per heavy atom. The summed E-state index contributed by atoms with van der Waals surface area (Å²) in [5, 5.41) is 10.6. The fraction of sp³-hybridized carbons (Fsp3) is 0.951. The largest absolute Gasteiger partial charge is 0.472 e. The second kappa shape index (κ2) is 70.1. The molecule has 19 heteroatoms. The highest BCUT2D eigenvalue weighted by atomic mass is 31.2. The van der Waals surface area contributed by atoms with Crippen LogP contribution >= 0.6 is 15.6 Å². The van der Waals surface area contributed by atoms with Crippen molar-refractivity contribution < 1.29 is 80.2 Å². The van der Waals surface area contributed by atoms with E-state index in [0.29, 0.717) is 25.7 Å². The molecule has 0 amide bonds. The van der Waals surface area contributed by atoms with Gasteiger partial charge >= 0.3 is 39.5 Å². The number of aliphatic hydroxyl groups is 1. The van der Waals surface area contributed by atoms with Crippen molar-refractivity contribution in [1.29, 1.82) is 0 Å². The number of carbonyl (C=O) groups is 4. The maximum Gasteiger partial charge on any atom is 0.472 e. The average Bonchev–Trinajstić information content (AvgIpc) is 0.944. The van der Waals surface area contributed by atoms with E-state index in [1.54, 1.807) is 0 Å². The van der Waals surface area contributed by atoms with E-state index in [0.717, 1.165) is 120 Å². The first-order valence-corrected chi connectivity index (χ1v) is 44.8. The zero-order chi connectivity index (χ0) is 73.8. The summed E-state index contributed by atoms with van der Waals surface area (Å²) in [7, 11) is -9.92. The molecule has 17 nitrogen and oxygen atoms in total. The topological polar surface area (TPSA) is 237 Å². The third-order valence-electron chi connectivity index (χ3n) is 19.5. The Labute approximate surface area is 613 Å². The van der Waals surface area contributed by atoms with Gasteiger partial charge in [-0.1, -0.05) is 364 Å². The van der Waals surface area contributed by atoms with Crippen LogP contribution < -0.4 is 0 Å². The number of rotatable bonds is 78. The number of unbranched alkanes of at least 4 members (excludes halogenated alkanes) is 42. The molecular weight excluding hydrogens is 1310 g/mol. The second-order valence-electron chi connectivity index (χ2n) is 30.6. The molecule has 0 saturated heterocycles. The van der Waals surface area contributed by atoms with Crippen molar-refractivity contribution in [3.8, 4) is 0 Å². The molecule has 0 fully saturated rings. The number of hydrogen-bond donors (Lipinski definition) is 3. The van der Waals surface area contributed by atoms with Crippen molar-refractivity contribution in [3.05, 3.63) is 0 Å². The number of aliphatic hydroxyl groups excluding tert-OH is 1. The lowest BCUT2D eigenvalue weighted by Gasteiger charge is -2.21. The molecule has 0 aliphatic carbocycles. The summed E-state index contributed by atoms with van der Waals surface area (Å²) in [5.74, 6) is 1.02. The summed E-state index contributed by atoms with van der Waals surface area (Å²) in [6.45, 7) is 14.3. The molecule has 3 N–H and O–H groups in total. The van der Waals surface area contributed by atoms with E-state index >= 15 is 0 Å². The maximum atomic E-state index is 13.1. The molecule has 0 radical (unpaired) electrons. The summed E-state index contributed by atoms with van der Waals surface area (Å²) in [6.07, 6.45) is 56.9. The molecule has 594 valence electrons. The molecule has 0 rings (SSSR count). The Kier molecular flexibility index (Phi) is 68.7. The van der Waals surface area contributed by atoms with E-state index in [1.807, 2.05) is 0 Å². The quantitative estimate of drug-likeness (QED) is 0.0222. The van der Waals surface area contributed by atoms with Crippen LogP contribution in [0.5, 0.6) is 0 Å². The summed E-state index contributed by atoms with van der Waals surface area (Å²) in [4.78, 5) is 73.0. The van der Waals surface area contributed by atoms with Crippen molar-refractivity contribution in [1.82, 2.24) is 0 Å². The number of carbonyl (C=O) groups excluding carboxylic acids is 4. The van der Waals surface area contributed by atoms with Gasteiger partial charge in [0.05, 0.1) is 26.4 Å². The van der Waals surface area contributed by atoms with Crippen LogP contribution in [0.25, 0.3) is 0 Å². The third-order valence-corrected chi connectivity index (χ3v) is 21.4. The van der Waals surface area contributed by atoms with Crippen molar-refractivity contribution in [2.75, 3.05) is 39.6 Å². The Hall–Kier alpha value is -1.94. The number of phosphoric ester groups is 2. The van der Waals surface area contributed by atoms with Gasteiger partial charge in [-0.3, -0.25) is 37.3 Å². The molecule has 7 atom stereocenters. The van der Waals surface area contributed by atoms with Gasteiger partial charge in [0.25, 0.3) is 0 Å². The second-order valence-corrected chi connectivity index (χ2v) is 33.5. The van der Waals surface area contributed by atoms with E-state index in [-0.39, 0.29) is 25.7 Å². The molecule has 0 bridgehead atoms. The lowest BCUT2D eigenvalue weighted by Crippen LogP contribution is -2.30. The minimum absolute atomic E-state index is 0.105. The predicted octanol–water partition coefficient (Wildman–Crippen LogP) is 24.0. The van der Waals surface area contributed by atoms with E-state index in [4.69, 9.17) is 37.0 Å². The monoisotopic (exact) mass is 1470 g/mol. The number of hydrogen-bond acceptors (Lipinski definition) is 15. The molecule has 0 aromatic carbocycles. The van der Waals surface area contributed by atoms with Crippen LogP contribution in [-0.4, -0.2) is 96.7 Å². The summed E-state index contributed by atoms with van der Waals surface area (Å²) >= 11 is 0. The Morgan fingerprint density at radius 1 is 0.280 bits per heavy atom. The fourth-order valence-corrected chi connectivity index (χ4v) is 13.9. The third kappa shape index (κ3) is 71.7. The molecule has 4 unspecified atom stereocenters. The molecule has 0 heterocycles. The van der Waals surface area contributed by atoms with E-state index in [1.165, 1.54) is 212 Å². The lowest BCUT2D eigenvalue weighted by atomic mass is 9.99. The standard InChI is InChI=1S/C81H158O17P2/c1-9-73(7)59-51-43-35-29-25-26-32-38-48-56-64-81(86)98-77(68-92-79(84)62-54-46-40-39-44-52-60-74(8)10-2)70-96-100(89,90)94-66-75(82)65-93-99(87,88)95-69-76(67-91-78(83)61-53-45-36-30-23-20-19-22-28-34-42-50-58-72(5)6)97-80(85)63-55-47-37-31-24-18-16-14-12-11-13-15-17-21-27-33-41-49-57-71(3)4/h71-77,82H,9-70H2,1-8H3,(H,87,88)(H,89,90)/t73?,74?,75-,76-,77-/m1/s1. The van der Waals surface area contributed by atoms with Crippen molar-refractivity contribution in [3.63, 3.8) is 0 Å². The van der Waals surface area contributed by atoms with E-state index in [9.17, 15) is 43.2 Å². The van der Waals surface area contributed by atoms with Crippen molar-refractivity contribution in [2.45, 2.75) is 433 Å². The highest BCUT2D eigenvalue weighted by molar-refractivity contribution is 7.47. The van der Waals surface area contributed by atoms with E-state index < -0.39 is 97.5 Å². The Bertz CT molecular complexity index is 1960. The zero-order valence-corrected chi connectivity index (χ0v) is 67.6. The molecular formula is C81H158O17P2. The minimum Gasteiger partial charge on any atom is -0.462 e. The molecule has 100 heavy (non-hydrogen) atoms. The molecule has 0 spiro atoms. The van der Waals surface area contributed by atoms with Gasteiger partial charge in [0, 0.05) is 25.7 Å². The normalized spacial score (nSPS) is 14.6. The van der Waals surface area contributed by atoms with E-state index in [2.05, 4.69) is 55.4 Å². The van der Waals surface area contributed by atoms with Gasteiger partial charge in [-0.05, 0) is 49.4 Å². The predicted molar refractivity (Wildman–Crippen MR) is 409 cm³/mol. The van der Waals surface area contributed by atoms with Gasteiger partial charge in [0.2, 0.25) is 0 Å². The van der Waals surface area contributed by atoms with Crippen LogP contribution in [0.15, 0.2) is 0 Å².